The van der Waals surface area contributed by atoms with Gasteiger partial charge in [0.15, 0.2) is 0 Å². The molecule has 1 atom stereocenters. The number of rotatable bonds is 4. The first-order chi connectivity index (χ1) is 10.4. The van der Waals surface area contributed by atoms with Crippen molar-refractivity contribution in [1.82, 2.24) is 10.2 Å². The number of piperidine rings is 1. The maximum absolute atomic E-state index is 12.5. The molecule has 2 rings (SSSR count). The summed E-state index contributed by atoms with van der Waals surface area (Å²) in [6.07, 6.45) is 6.72. The van der Waals surface area contributed by atoms with Gasteiger partial charge in [0.05, 0.1) is 12.0 Å². The van der Waals surface area contributed by atoms with Gasteiger partial charge in [0, 0.05) is 25.0 Å². The lowest BCUT2D eigenvalue weighted by Crippen LogP contribution is -2.51. The zero-order valence-electron chi connectivity index (χ0n) is 13.9. The largest absolute Gasteiger partial charge is 0.389 e. The minimum absolute atomic E-state index is 0.0333. The quantitative estimate of drug-likeness (QED) is 0.832. The SMILES string of the molecule is CC(C)C(=O)NC1CCCN(C(=O)CC2(O)CCCCC2)C1. The third-order valence-corrected chi connectivity index (χ3v) is 4.91. The fourth-order valence-corrected chi connectivity index (χ4v) is 3.47. The fourth-order valence-electron chi connectivity index (χ4n) is 3.47. The van der Waals surface area contributed by atoms with Crippen LogP contribution >= 0.6 is 0 Å². The molecule has 0 aromatic rings. The van der Waals surface area contributed by atoms with Crippen LogP contribution in [0.2, 0.25) is 0 Å². The van der Waals surface area contributed by atoms with Crippen molar-refractivity contribution in [2.45, 2.75) is 76.9 Å². The predicted octanol–water partition coefficient (Wildman–Crippen LogP) is 1.83. The summed E-state index contributed by atoms with van der Waals surface area (Å²) < 4.78 is 0. The highest BCUT2D eigenvalue weighted by molar-refractivity contribution is 5.79. The van der Waals surface area contributed by atoms with Gasteiger partial charge in [-0.25, -0.2) is 0 Å². The zero-order chi connectivity index (χ0) is 16.2. The van der Waals surface area contributed by atoms with E-state index in [1.165, 1.54) is 0 Å². The molecule has 1 aliphatic heterocycles. The first-order valence-corrected chi connectivity index (χ1v) is 8.70. The third kappa shape index (κ3) is 4.70. The number of amides is 2. The second kappa shape index (κ2) is 7.44. The standard InChI is InChI=1S/C17H30N2O3/c1-13(2)16(21)18-14-7-6-10-19(12-14)15(20)11-17(22)8-4-3-5-9-17/h13-14,22H,3-12H2,1-2H3,(H,18,21). The van der Waals surface area contributed by atoms with Gasteiger partial charge in [0.1, 0.15) is 0 Å². The number of carbonyl (C=O) groups is 2. The summed E-state index contributed by atoms with van der Waals surface area (Å²) in [5, 5.41) is 13.6. The molecule has 0 radical (unpaired) electrons. The van der Waals surface area contributed by atoms with E-state index in [9.17, 15) is 14.7 Å². The average molecular weight is 310 g/mol. The molecule has 1 unspecified atom stereocenters. The Labute approximate surface area is 133 Å². The highest BCUT2D eigenvalue weighted by Gasteiger charge is 2.34. The molecule has 1 heterocycles. The number of nitrogens with one attached hydrogen (secondary N) is 1. The van der Waals surface area contributed by atoms with E-state index in [4.69, 9.17) is 0 Å². The van der Waals surface area contributed by atoms with Crippen molar-refractivity contribution < 1.29 is 14.7 Å². The molecule has 1 saturated carbocycles. The first-order valence-electron chi connectivity index (χ1n) is 8.70. The molecule has 1 saturated heterocycles. The van der Waals surface area contributed by atoms with Gasteiger partial charge >= 0.3 is 0 Å². The topological polar surface area (TPSA) is 69.6 Å². The second-order valence-electron chi connectivity index (χ2n) is 7.30. The van der Waals surface area contributed by atoms with E-state index in [1.54, 1.807) is 0 Å². The molecular weight excluding hydrogens is 280 g/mol. The lowest BCUT2D eigenvalue weighted by Gasteiger charge is -2.37. The normalized spacial score (nSPS) is 25.1. The molecule has 22 heavy (non-hydrogen) atoms. The van der Waals surface area contributed by atoms with Crippen LogP contribution in [-0.2, 0) is 9.59 Å². The van der Waals surface area contributed by atoms with Crippen LogP contribution in [0.3, 0.4) is 0 Å². The van der Waals surface area contributed by atoms with E-state index in [0.29, 0.717) is 6.54 Å². The minimum atomic E-state index is -0.802. The van der Waals surface area contributed by atoms with Crippen LogP contribution in [0.25, 0.3) is 0 Å². The Morgan fingerprint density at radius 1 is 1.23 bits per heavy atom. The highest BCUT2D eigenvalue weighted by Crippen LogP contribution is 2.31. The summed E-state index contributed by atoms with van der Waals surface area (Å²) in [5.41, 5.74) is -0.802. The monoisotopic (exact) mass is 310 g/mol. The Balaban J connectivity index is 1.85. The van der Waals surface area contributed by atoms with Crippen molar-refractivity contribution in [3.63, 3.8) is 0 Å². The molecule has 1 aliphatic carbocycles. The fraction of sp³-hybridized carbons (Fsp3) is 0.882. The van der Waals surface area contributed by atoms with Gasteiger partial charge in [-0.3, -0.25) is 9.59 Å². The van der Waals surface area contributed by atoms with Gasteiger partial charge in [0.2, 0.25) is 11.8 Å². The number of hydrogen-bond acceptors (Lipinski definition) is 3. The number of likely N-dealkylation sites (tertiary alicyclic amines) is 1. The van der Waals surface area contributed by atoms with Gasteiger partial charge < -0.3 is 15.3 Å². The minimum Gasteiger partial charge on any atom is -0.389 e. The Morgan fingerprint density at radius 3 is 2.55 bits per heavy atom. The Hall–Kier alpha value is -1.10. The van der Waals surface area contributed by atoms with Gasteiger partial charge in [-0.1, -0.05) is 33.1 Å². The van der Waals surface area contributed by atoms with Crippen molar-refractivity contribution in [2.75, 3.05) is 13.1 Å². The molecule has 5 nitrogen and oxygen atoms in total. The summed E-state index contributed by atoms with van der Waals surface area (Å²) in [7, 11) is 0. The van der Waals surface area contributed by atoms with Crippen LogP contribution in [0.15, 0.2) is 0 Å². The van der Waals surface area contributed by atoms with Crippen LogP contribution in [0.5, 0.6) is 0 Å². The van der Waals surface area contributed by atoms with Crippen molar-refractivity contribution >= 4 is 11.8 Å². The van der Waals surface area contributed by atoms with Crippen LogP contribution in [0.1, 0.15) is 65.2 Å². The van der Waals surface area contributed by atoms with Crippen LogP contribution in [-0.4, -0.2) is 46.6 Å². The smallest absolute Gasteiger partial charge is 0.225 e. The van der Waals surface area contributed by atoms with E-state index >= 15 is 0 Å². The summed E-state index contributed by atoms with van der Waals surface area (Å²) in [6, 6.07) is 0.0496. The van der Waals surface area contributed by atoms with E-state index in [0.717, 1.165) is 51.5 Å². The van der Waals surface area contributed by atoms with Crippen LogP contribution in [0.4, 0.5) is 0 Å². The second-order valence-corrected chi connectivity index (χ2v) is 7.30. The molecule has 2 amide bonds. The van der Waals surface area contributed by atoms with E-state index in [2.05, 4.69) is 5.32 Å². The lowest BCUT2D eigenvalue weighted by atomic mass is 9.82. The average Bonchev–Trinajstić information content (AvgIpc) is 2.47. The summed E-state index contributed by atoms with van der Waals surface area (Å²) >= 11 is 0. The summed E-state index contributed by atoms with van der Waals surface area (Å²) in [6.45, 7) is 5.07. The van der Waals surface area contributed by atoms with Crippen LogP contribution in [0, 0.1) is 5.92 Å². The summed E-state index contributed by atoms with van der Waals surface area (Å²) in [4.78, 5) is 26.1. The number of hydrogen-bond donors (Lipinski definition) is 2. The maximum Gasteiger partial charge on any atom is 0.225 e. The highest BCUT2D eigenvalue weighted by atomic mass is 16.3. The van der Waals surface area contributed by atoms with Gasteiger partial charge in [-0.15, -0.1) is 0 Å². The summed E-state index contributed by atoms with van der Waals surface area (Å²) in [5.74, 6) is 0.0483. The van der Waals surface area contributed by atoms with Crippen molar-refractivity contribution in [1.29, 1.82) is 0 Å². The van der Waals surface area contributed by atoms with Gasteiger partial charge in [-0.05, 0) is 25.7 Å². The molecule has 2 N–H and O–H groups in total. The van der Waals surface area contributed by atoms with E-state index in [1.807, 2.05) is 18.7 Å². The van der Waals surface area contributed by atoms with Gasteiger partial charge in [-0.2, -0.15) is 0 Å². The number of aliphatic hydroxyl groups is 1. The molecule has 5 heteroatoms. The Bertz CT molecular complexity index is 403. The molecule has 0 aromatic heterocycles. The maximum atomic E-state index is 12.5. The molecule has 2 aliphatic rings. The third-order valence-electron chi connectivity index (χ3n) is 4.91. The number of nitrogens with zero attached hydrogens (tertiary/aromatic N) is 1. The van der Waals surface area contributed by atoms with Crippen molar-refractivity contribution in [3.05, 3.63) is 0 Å². The van der Waals surface area contributed by atoms with Crippen molar-refractivity contribution in [3.8, 4) is 0 Å². The van der Waals surface area contributed by atoms with Crippen molar-refractivity contribution in [2.24, 2.45) is 5.92 Å². The molecule has 0 aromatic carbocycles. The van der Waals surface area contributed by atoms with E-state index < -0.39 is 5.60 Å². The Morgan fingerprint density at radius 2 is 1.91 bits per heavy atom. The molecule has 126 valence electrons. The Kier molecular flexibility index (Phi) is 5.84. The predicted molar refractivity (Wildman–Crippen MR) is 85.2 cm³/mol. The lowest BCUT2D eigenvalue weighted by molar-refractivity contribution is -0.140. The molecule has 2 fully saturated rings. The molecule has 0 spiro atoms. The number of carbonyl (C=O) groups excluding carboxylic acids is 2. The zero-order valence-corrected chi connectivity index (χ0v) is 13.9. The first kappa shape index (κ1) is 17.3. The van der Waals surface area contributed by atoms with E-state index in [-0.39, 0.29) is 30.2 Å². The molecule has 0 bridgehead atoms. The van der Waals surface area contributed by atoms with Gasteiger partial charge in [0.25, 0.3) is 0 Å². The molecular formula is C17H30N2O3. The van der Waals surface area contributed by atoms with Crippen LogP contribution < -0.4 is 5.32 Å².